The third-order valence-electron chi connectivity index (χ3n) is 3.76. The van der Waals surface area contributed by atoms with Crippen molar-refractivity contribution in [3.63, 3.8) is 0 Å². The first-order valence-corrected chi connectivity index (χ1v) is 6.70. The molecule has 1 aromatic rings. The summed E-state index contributed by atoms with van der Waals surface area (Å²) in [5.74, 6) is 0. The Hall–Kier alpha value is -0.580. The Morgan fingerprint density at radius 1 is 1.50 bits per heavy atom. The average molecular weight is 275 g/mol. The molecule has 0 aromatic carbocycles. The van der Waals surface area contributed by atoms with Crippen molar-refractivity contribution in [3.8, 4) is 0 Å². The van der Waals surface area contributed by atoms with Gasteiger partial charge in [0.05, 0.1) is 28.1 Å². The number of methoxy groups -OCH3 is 1. The van der Waals surface area contributed by atoms with E-state index in [1.807, 2.05) is 27.8 Å². The number of hydrogen-bond donors (Lipinski definition) is 1. The van der Waals surface area contributed by atoms with E-state index in [9.17, 15) is 5.11 Å². The molecule has 4 nitrogen and oxygen atoms in total. The van der Waals surface area contributed by atoms with E-state index >= 15 is 0 Å². The van der Waals surface area contributed by atoms with E-state index in [2.05, 4.69) is 5.10 Å². The van der Waals surface area contributed by atoms with Gasteiger partial charge in [0.1, 0.15) is 0 Å². The van der Waals surface area contributed by atoms with Gasteiger partial charge in [-0.15, -0.1) is 0 Å². The van der Waals surface area contributed by atoms with Gasteiger partial charge >= 0.3 is 0 Å². The van der Waals surface area contributed by atoms with Crippen LogP contribution in [0.4, 0.5) is 0 Å². The van der Waals surface area contributed by atoms with Crippen molar-refractivity contribution in [1.82, 2.24) is 9.78 Å². The first-order chi connectivity index (χ1) is 8.39. The number of ether oxygens (including phenoxy) is 1. The summed E-state index contributed by atoms with van der Waals surface area (Å²) < 4.78 is 7.16. The summed E-state index contributed by atoms with van der Waals surface area (Å²) >= 11 is 6.28. The minimum absolute atomic E-state index is 0.445. The summed E-state index contributed by atoms with van der Waals surface area (Å²) in [6.45, 7) is 5.91. The van der Waals surface area contributed by atoms with Gasteiger partial charge in [0.2, 0.25) is 0 Å². The third kappa shape index (κ3) is 2.87. The van der Waals surface area contributed by atoms with Gasteiger partial charge in [-0.05, 0) is 19.8 Å². The Morgan fingerprint density at radius 3 is 2.50 bits per heavy atom. The normalized spacial score (nSPS) is 16.6. The molecule has 0 amide bonds. The third-order valence-corrected chi connectivity index (χ3v) is 4.20. The van der Waals surface area contributed by atoms with Crippen molar-refractivity contribution < 1.29 is 9.84 Å². The molecular weight excluding hydrogens is 252 g/mol. The lowest BCUT2D eigenvalue weighted by Crippen LogP contribution is -2.42. The van der Waals surface area contributed by atoms with Gasteiger partial charge in [0.25, 0.3) is 0 Å². The van der Waals surface area contributed by atoms with E-state index < -0.39 is 11.7 Å². The van der Waals surface area contributed by atoms with Crippen molar-refractivity contribution >= 4 is 11.6 Å². The monoisotopic (exact) mass is 274 g/mol. The number of rotatable bonds is 6. The molecule has 0 bridgehead atoms. The van der Waals surface area contributed by atoms with Crippen LogP contribution in [0.25, 0.3) is 0 Å². The number of aryl methyl sites for hydroxylation is 2. The van der Waals surface area contributed by atoms with E-state index in [1.54, 1.807) is 11.8 Å². The number of nitrogens with zero attached hydrogens (tertiary/aromatic N) is 2. The summed E-state index contributed by atoms with van der Waals surface area (Å²) in [4.78, 5) is 0. The molecule has 0 aliphatic heterocycles. The zero-order chi connectivity index (χ0) is 13.9. The first kappa shape index (κ1) is 15.5. The van der Waals surface area contributed by atoms with Crippen LogP contribution in [0.3, 0.4) is 0 Å². The topological polar surface area (TPSA) is 47.3 Å². The van der Waals surface area contributed by atoms with Crippen molar-refractivity contribution in [3.05, 3.63) is 16.4 Å². The van der Waals surface area contributed by atoms with E-state index in [0.717, 1.165) is 24.2 Å². The molecule has 0 aliphatic carbocycles. The molecule has 1 heterocycles. The maximum atomic E-state index is 10.3. The fraction of sp³-hybridized carbons (Fsp3) is 0.769. The highest BCUT2D eigenvalue weighted by Gasteiger charge is 2.32. The highest BCUT2D eigenvalue weighted by Crippen LogP contribution is 2.27. The van der Waals surface area contributed by atoms with Crippen molar-refractivity contribution in [2.75, 3.05) is 7.11 Å². The van der Waals surface area contributed by atoms with Gasteiger partial charge in [-0.3, -0.25) is 4.68 Å². The van der Waals surface area contributed by atoms with Crippen LogP contribution in [0.5, 0.6) is 0 Å². The van der Waals surface area contributed by atoms with Crippen LogP contribution in [0.1, 0.15) is 38.6 Å². The molecule has 1 N–H and O–H groups in total. The van der Waals surface area contributed by atoms with E-state index in [1.165, 1.54) is 0 Å². The predicted octanol–water partition coefficient (Wildman–Crippen LogP) is 2.35. The summed E-state index contributed by atoms with van der Waals surface area (Å²) in [7, 11) is 3.47. The molecule has 0 fully saturated rings. The Bertz CT molecular complexity index is 400. The summed E-state index contributed by atoms with van der Waals surface area (Å²) in [6, 6.07) is 0. The van der Waals surface area contributed by atoms with Gasteiger partial charge in [0.15, 0.2) is 0 Å². The molecule has 0 spiro atoms. The molecule has 0 aliphatic rings. The highest BCUT2D eigenvalue weighted by atomic mass is 35.5. The second-order valence-electron chi connectivity index (χ2n) is 4.77. The van der Waals surface area contributed by atoms with E-state index in [0.29, 0.717) is 11.4 Å². The van der Waals surface area contributed by atoms with Crippen molar-refractivity contribution in [2.45, 2.75) is 51.7 Å². The fourth-order valence-electron chi connectivity index (χ4n) is 1.96. The molecule has 0 saturated carbocycles. The molecule has 0 radical (unpaired) electrons. The Labute approximate surface area is 114 Å². The van der Waals surface area contributed by atoms with Crippen molar-refractivity contribution in [2.24, 2.45) is 7.05 Å². The molecule has 1 aromatic heterocycles. The predicted molar refractivity (Wildman–Crippen MR) is 73.0 cm³/mol. The van der Waals surface area contributed by atoms with Crippen LogP contribution in [0.2, 0.25) is 5.02 Å². The van der Waals surface area contributed by atoms with Crippen LogP contribution in [0.15, 0.2) is 0 Å². The van der Waals surface area contributed by atoms with Gasteiger partial charge < -0.3 is 9.84 Å². The lowest BCUT2D eigenvalue weighted by molar-refractivity contribution is -0.0919. The van der Waals surface area contributed by atoms with Crippen LogP contribution < -0.4 is 0 Å². The standard InChI is InChI=1S/C13H23ClN2O2/c1-6-9-12(14)10(16(4)15-9)8-11(17)13(3,7-2)18-5/h11,17H,6-8H2,1-5H3. The quantitative estimate of drug-likeness (QED) is 0.866. The zero-order valence-corrected chi connectivity index (χ0v) is 12.6. The van der Waals surface area contributed by atoms with Crippen LogP contribution in [-0.4, -0.2) is 33.7 Å². The van der Waals surface area contributed by atoms with Crippen LogP contribution in [0, 0.1) is 0 Å². The van der Waals surface area contributed by atoms with Gasteiger partial charge in [0, 0.05) is 20.6 Å². The zero-order valence-electron chi connectivity index (χ0n) is 11.8. The van der Waals surface area contributed by atoms with Crippen molar-refractivity contribution in [1.29, 1.82) is 0 Å². The molecule has 0 saturated heterocycles. The molecular formula is C13H23ClN2O2. The Kier molecular flexibility index (Phi) is 5.20. The molecule has 1 rings (SSSR count). The summed E-state index contributed by atoms with van der Waals surface area (Å²) in [5.41, 5.74) is 1.18. The van der Waals surface area contributed by atoms with Gasteiger partial charge in [-0.1, -0.05) is 25.4 Å². The second kappa shape index (κ2) is 6.04. The van der Waals surface area contributed by atoms with Crippen LogP contribution >= 0.6 is 11.6 Å². The molecule has 2 unspecified atom stereocenters. The SMILES string of the molecule is CCc1nn(C)c(CC(O)C(C)(CC)OC)c1Cl. The largest absolute Gasteiger partial charge is 0.390 e. The lowest BCUT2D eigenvalue weighted by Gasteiger charge is -2.32. The number of hydrogen-bond acceptors (Lipinski definition) is 3. The van der Waals surface area contributed by atoms with E-state index in [-0.39, 0.29) is 0 Å². The highest BCUT2D eigenvalue weighted by molar-refractivity contribution is 6.31. The van der Waals surface area contributed by atoms with Crippen LogP contribution in [-0.2, 0) is 24.6 Å². The Morgan fingerprint density at radius 2 is 2.11 bits per heavy atom. The smallest absolute Gasteiger partial charge is 0.0909 e. The molecule has 5 heteroatoms. The number of halogens is 1. The van der Waals surface area contributed by atoms with E-state index in [4.69, 9.17) is 16.3 Å². The second-order valence-corrected chi connectivity index (χ2v) is 5.15. The maximum Gasteiger partial charge on any atom is 0.0909 e. The maximum absolute atomic E-state index is 10.3. The minimum Gasteiger partial charge on any atom is -0.390 e. The average Bonchev–Trinajstić information content (AvgIpc) is 2.64. The number of aromatic nitrogens is 2. The Balaban J connectivity index is 2.94. The first-order valence-electron chi connectivity index (χ1n) is 6.33. The fourth-order valence-corrected chi connectivity index (χ4v) is 2.33. The summed E-state index contributed by atoms with van der Waals surface area (Å²) in [6.07, 6.45) is 1.37. The van der Waals surface area contributed by atoms with Gasteiger partial charge in [-0.25, -0.2) is 0 Å². The molecule has 104 valence electrons. The number of aliphatic hydroxyl groups excluding tert-OH is 1. The lowest BCUT2D eigenvalue weighted by atomic mass is 9.92. The van der Waals surface area contributed by atoms with Gasteiger partial charge in [-0.2, -0.15) is 5.10 Å². The summed E-state index contributed by atoms with van der Waals surface area (Å²) in [5, 5.41) is 15.3. The minimum atomic E-state index is -0.606. The molecule has 2 atom stereocenters. The molecule has 18 heavy (non-hydrogen) atoms. The number of aliphatic hydroxyl groups is 1.